The van der Waals surface area contributed by atoms with Crippen LogP contribution >= 0.6 is 0 Å². The quantitative estimate of drug-likeness (QED) is 0.797. The van der Waals surface area contributed by atoms with Gasteiger partial charge in [-0.15, -0.1) is 0 Å². The highest BCUT2D eigenvalue weighted by Crippen LogP contribution is 2.22. The van der Waals surface area contributed by atoms with Crippen LogP contribution in [0.25, 0.3) is 0 Å². The number of Topliss-reactive ketones (excluding diaryl/α,β-unsaturated/α-hetero) is 1. The van der Waals surface area contributed by atoms with Gasteiger partial charge in [-0.3, -0.25) is 4.79 Å². The van der Waals surface area contributed by atoms with Crippen LogP contribution in [-0.4, -0.2) is 32.1 Å². The van der Waals surface area contributed by atoms with E-state index in [4.69, 9.17) is 4.74 Å². The topological polar surface area (TPSA) is 29.5 Å². The van der Waals surface area contributed by atoms with Crippen molar-refractivity contribution in [3.05, 3.63) is 29.8 Å². The lowest BCUT2D eigenvalue weighted by Crippen LogP contribution is -2.36. The van der Waals surface area contributed by atoms with Crippen LogP contribution in [0.3, 0.4) is 0 Å². The molecule has 1 aliphatic rings. The fourth-order valence-electron chi connectivity index (χ4n) is 2.11. The number of rotatable bonds is 4. The SMILES string of the molecule is CCC(=O)Cc1ccccc1N1CCOCC1. The standard InChI is InChI=1S/C14H19NO2/c1-2-13(16)11-12-5-3-4-6-14(12)15-7-9-17-10-8-15/h3-6H,2,7-11H2,1H3. The normalized spacial score (nSPS) is 15.9. The molecule has 3 heteroatoms. The Kier molecular flexibility index (Phi) is 4.15. The molecular weight excluding hydrogens is 214 g/mol. The lowest BCUT2D eigenvalue weighted by atomic mass is 10.0. The third kappa shape index (κ3) is 3.07. The maximum atomic E-state index is 11.6. The minimum absolute atomic E-state index is 0.297. The van der Waals surface area contributed by atoms with E-state index in [2.05, 4.69) is 17.0 Å². The number of benzene rings is 1. The molecule has 17 heavy (non-hydrogen) atoms. The summed E-state index contributed by atoms with van der Waals surface area (Å²) in [5, 5.41) is 0. The average molecular weight is 233 g/mol. The maximum absolute atomic E-state index is 11.6. The number of carbonyl (C=O) groups excluding carboxylic acids is 1. The number of ether oxygens (including phenoxy) is 1. The van der Waals surface area contributed by atoms with Crippen LogP contribution in [0.15, 0.2) is 24.3 Å². The predicted octanol–water partition coefficient (Wildman–Crippen LogP) is 2.04. The summed E-state index contributed by atoms with van der Waals surface area (Å²) in [5.41, 5.74) is 2.33. The molecule has 1 aliphatic heterocycles. The van der Waals surface area contributed by atoms with E-state index in [-0.39, 0.29) is 0 Å². The van der Waals surface area contributed by atoms with Gasteiger partial charge >= 0.3 is 0 Å². The van der Waals surface area contributed by atoms with Crippen molar-refractivity contribution in [2.75, 3.05) is 31.2 Å². The smallest absolute Gasteiger partial charge is 0.137 e. The van der Waals surface area contributed by atoms with Crippen LogP contribution in [0, 0.1) is 0 Å². The Hall–Kier alpha value is -1.35. The summed E-state index contributed by atoms with van der Waals surface area (Å²) in [5.74, 6) is 0.297. The van der Waals surface area contributed by atoms with Crippen molar-refractivity contribution >= 4 is 11.5 Å². The molecule has 1 fully saturated rings. The number of hydrogen-bond acceptors (Lipinski definition) is 3. The van der Waals surface area contributed by atoms with Crippen LogP contribution in [-0.2, 0) is 16.0 Å². The monoisotopic (exact) mass is 233 g/mol. The van der Waals surface area contributed by atoms with Gasteiger partial charge in [-0.1, -0.05) is 25.1 Å². The zero-order valence-corrected chi connectivity index (χ0v) is 10.3. The highest BCUT2D eigenvalue weighted by molar-refractivity contribution is 5.82. The van der Waals surface area contributed by atoms with Crippen LogP contribution in [0.1, 0.15) is 18.9 Å². The first kappa shape index (κ1) is 12.1. The van der Waals surface area contributed by atoms with Crippen LogP contribution in [0.5, 0.6) is 0 Å². The molecule has 2 rings (SSSR count). The molecule has 3 nitrogen and oxygen atoms in total. The van der Waals surface area contributed by atoms with Crippen molar-refractivity contribution in [2.24, 2.45) is 0 Å². The van der Waals surface area contributed by atoms with E-state index in [0.29, 0.717) is 18.6 Å². The minimum atomic E-state index is 0.297. The van der Waals surface area contributed by atoms with Crippen molar-refractivity contribution in [3.63, 3.8) is 0 Å². The largest absolute Gasteiger partial charge is 0.378 e. The number of anilines is 1. The second kappa shape index (κ2) is 5.82. The lowest BCUT2D eigenvalue weighted by molar-refractivity contribution is -0.118. The van der Waals surface area contributed by atoms with Gasteiger partial charge in [0, 0.05) is 31.6 Å². The molecule has 0 atom stereocenters. The van der Waals surface area contributed by atoms with Gasteiger partial charge in [0.2, 0.25) is 0 Å². The van der Waals surface area contributed by atoms with Crippen molar-refractivity contribution in [3.8, 4) is 0 Å². The minimum Gasteiger partial charge on any atom is -0.378 e. The van der Waals surface area contributed by atoms with Crippen LogP contribution in [0.4, 0.5) is 5.69 Å². The summed E-state index contributed by atoms with van der Waals surface area (Å²) in [4.78, 5) is 13.9. The Labute approximate surface area is 102 Å². The first-order valence-electron chi connectivity index (χ1n) is 6.23. The molecule has 1 heterocycles. The van der Waals surface area contributed by atoms with Crippen molar-refractivity contribution in [1.29, 1.82) is 0 Å². The third-order valence-corrected chi connectivity index (χ3v) is 3.13. The molecule has 92 valence electrons. The molecule has 0 N–H and O–H groups in total. The Bertz CT molecular complexity index is 384. The fourth-order valence-corrected chi connectivity index (χ4v) is 2.11. The zero-order chi connectivity index (χ0) is 12.1. The lowest BCUT2D eigenvalue weighted by Gasteiger charge is -2.30. The van der Waals surface area contributed by atoms with Gasteiger partial charge in [0.25, 0.3) is 0 Å². The highest BCUT2D eigenvalue weighted by atomic mass is 16.5. The third-order valence-electron chi connectivity index (χ3n) is 3.13. The van der Waals surface area contributed by atoms with Crippen LogP contribution in [0.2, 0.25) is 0 Å². The Morgan fingerprint density at radius 2 is 2.00 bits per heavy atom. The average Bonchev–Trinajstić information content (AvgIpc) is 2.40. The van der Waals surface area contributed by atoms with E-state index >= 15 is 0 Å². The van der Waals surface area contributed by atoms with Crippen LogP contribution < -0.4 is 4.90 Å². The van der Waals surface area contributed by atoms with E-state index in [1.807, 2.05) is 19.1 Å². The highest BCUT2D eigenvalue weighted by Gasteiger charge is 2.15. The predicted molar refractivity (Wildman–Crippen MR) is 68.5 cm³/mol. The van der Waals surface area contributed by atoms with Crippen molar-refractivity contribution in [1.82, 2.24) is 0 Å². The Morgan fingerprint density at radius 1 is 1.29 bits per heavy atom. The second-order valence-corrected chi connectivity index (χ2v) is 4.30. The number of hydrogen-bond donors (Lipinski definition) is 0. The summed E-state index contributed by atoms with van der Waals surface area (Å²) in [7, 11) is 0. The summed E-state index contributed by atoms with van der Waals surface area (Å²) in [6, 6.07) is 8.19. The van der Waals surface area contributed by atoms with Gasteiger partial charge in [-0.05, 0) is 11.6 Å². The molecule has 1 aromatic rings. The van der Waals surface area contributed by atoms with Crippen molar-refractivity contribution < 1.29 is 9.53 Å². The Balaban J connectivity index is 2.17. The van der Waals surface area contributed by atoms with E-state index < -0.39 is 0 Å². The van der Waals surface area contributed by atoms with E-state index in [1.165, 1.54) is 5.69 Å². The maximum Gasteiger partial charge on any atom is 0.137 e. The number of para-hydroxylation sites is 1. The van der Waals surface area contributed by atoms with E-state index in [9.17, 15) is 4.79 Å². The summed E-state index contributed by atoms with van der Waals surface area (Å²) in [6.07, 6.45) is 1.15. The molecule has 0 aliphatic carbocycles. The molecule has 0 spiro atoms. The molecule has 1 saturated heterocycles. The van der Waals surface area contributed by atoms with Gasteiger partial charge in [0.1, 0.15) is 5.78 Å². The summed E-state index contributed by atoms with van der Waals surface area (Å²) in [6.45, 7) is 5.29. The number of carbonyl (C=O) groups is 1. The number of ketones is 1. The van der Waals surface area contributed by atoms with Gasteiger partial charge in [0.15, 0.2) is 0 Å². The van der Waals surface area contributed by atoms with Gasteiger partial charge < -0.3 is 9.64 Å². The number of morpholine rings is 1. The zero-order valence-electron chi connectivity index (χ0n) is 10.3. The van der Waals surface area contributed by atoms with Gasteiger partial charge in [-0.25, -0.2) is 0 Å². The molecule has 0 aromatic heterocycles. The van der Waals surface area contributed by atoms with E-state index in [0.717, 1.165) is 31.9 Å². The molecule has 0 unspecified atom stereocenters. The van der Waals surface area contributed by atoms with Gasteiger partial charge in [-0.2, -0.15) is 0 Å². The number of nitrogens with zero attached hydrogens (tertiary/aromatic N) is 1. The molecule has 1 aromatic carbocycles. The fraction of sp³-hybridized carbons (Fsp3) is 0.500. The molecular formula is C14H19NO2. The summed E-state index contributed by atoms with van der Waals surface area (Å²) >= 11 is 0. The first-order chi connectivity index (χ1) is 8.31. The molecule has 0 radical (unpaired) electrons. The molecule has 0 bridgehead atoms. The van der Waals surface area contributed by atoms with Crippen molar-refractivity contribution in [2.45, 2.75) is 19.8 Å². The van der Waals surface area contributed by atoms with Gasteiger partial charge in [0.05, 0.1) is 13.2 Å². The summed E-state index contributed by atoms with van der Waals surface area (Å²) < 4.78 is 5.35. The first-order valence-corrected chi connectivity index (χ1v) is 6.23. The molecule has 0 saturated carbocycles. The second-order valence-electron chi connectivity index (χ2n) is 4.30. The Morgan fingerprint density at radius 3 is 2.71 bits per heavy atom. The molecule has 0 amide bonds. The van der Waals surface area contributed by atoms with E-state index in [1.54, 1.807) is 0 Å².